The molecule has 0 heterocycles. The highest BCUT2D eigenvalue weighted by atomic mass is 19.4. The first kappa shape index (κ1) is 16.2. The van der Waals surface area contributed by atoms with Gasteiger partial charge < -0.3 is 0 Å². The van der Waals surface area contributed by atoms with Crippen molar-refractivity contribution in [2.75, 3.05) is 0 Å². The van der Waals surface area contributed by atoms with Crippen LogP contribution in [-0.2, 0) is 4.74 Å². The SMILES string of the molecule is CCCC/C=C/[C@](F)(OC(F)(F)F)C(F)(F)F. The Bertz CT molecular complexity index is 255. The van der Waals surface area contributed by atoms with Gasteiger partial charge in [0.25, 0.3) is 0 Å². The third kappa shape index (κ3) is 5.90. The van der Waals surface area contributed by atoms with Crippen LogP contribution < -0.4 is 0 Å². The summed E-state index contributed by atoms with van der Waals surface area (Å²) in [7, 11) is 0. The van der Waals surface area contributed by atoms with Crippen LogP contribution in [0.1, 0.15) is 26.2 Å². The minimum Gasteiger partial charge on any atom is -0.242 e. The first-order valence-electron chi connectivity index (χ1n) is 4.72. The minimum atomic E-state index is -5.79. The lowest BCUT2D eigenvalue weighted by molar-refractivity contribution is -0.432. The predicted octanol–water partition coefficient (Wildman–Crippen LogP) is 4.50. The van der Waals surface area contributed by atoms with E-state index in [1.807, 2.05) is 0 Å². The van der Waals surface area contributed by atoms with Crippen LogP contribution in [-0.4, -0.2) is 18.4 Å². The Labute approximate surface area is 93.2 Å². The Kier molecular flexibility index (Phi) is 5.44. The molecule has 0 aromatic heterocycles. The maximum Gasteiger partial charge on any atom is 0.525 e. The number of ether oxygens (including phenoxy) is 1. The zero-order chi connectivity index (χ0) is 13.7. The van der Waals surface area contributed by atoms with Crippen LogP contribution in [0, 0.1) is 0 Å². The van der Waals surface area contributed by atoms with Crippen molar-refractivity contribution in [2.24, 2.45) is 0 Å². The average molecular weight is 268 g/mol. The molecule has 0 aromatic rings. The van der Waals surface area contributed by atoms with Gasteiger partial charge in [-0.3, -0.25) is 0 Å². The molecule has 0 aliphatic heterocycles. The van der Waals surface area contributed by atoms with E-state index >= 15 is 0 Å². The monoisotopic (exact) mass is 268 g/mol. The topological polar surface area (TPSA) is 9.23 Å². The molecule has 0 fully saturated rings. The van der Waals surface area contributed by atoms with E-state index < -0.39 is 18.4 Å². The van der Waals surface area contributed by atoms with Gasteiger partial charge in [0.05, 0.1) is 0 Å². The molecule has 0 radical (unpaired) electrons. The Hall–Kier alpha value is -0.790. The second-order valence-corrected chi connectivity index (χ2v) is 3.24. The minimum absolute atomic E-state index is 0.0411. The summed E-state index contributed by atoms with van der Waals surface area (Å²) in [6, 6.07) is 0. The number of rotatable bonds is 5. The molecule has 8 heteroatoms. The van der Waals surface area contributed by atoms with Gasteiger partial charge in [-0.05, 0) is 12.5 Å². The standard InChI is InChI=1S/C9H11F7O/c1-2-3-4-5-6-7(10,8(11,12)13)17-9(14,15)16/h5-6H,2-4H2,1H3/b6-5+/t7-/m0/s1. The average Bonchev–Trinajstić information content (AvgIpc) is 2.08. The van der Waals surface area contributed by atoms with Crippen molar-refractivity contribution in [3.63, 3.8) is 0 Å². The van der Waals surface area contributed by atoms with Crippen molar-refractivity contribution in [1.29, 1.82) is 0 Å². The predicted molar refractivity (Wildman–Crippen MR) is 45.7 cm³/mol. The molecule has 0 unspecified atom stereocenters. The van der Waals surface area contributed by atoms with E-state index in [2.05, 4.69) is 4.74 Å². The quantitative estimate of drug-likeness (QED) is 0.405. The van der Waals surface area contributed by atoms with Crippen molar-refractivity contribution < 1.29 is 35.5 Å². The third-order valence-electron chi connectivity index (χ3n) is 1.71. The van der Waals surface area contributed by atoms with E-state index in [-0.39, 0.29) is 12.5 Å². The highest BCUT2D eigenvalue weighted by molar-refractivity contribution is 5.00. The molecule has 0 saturated heterocycles. The Morgan fingerprint density at radius 3 is 1.88 bits per heavy atom. The maximum atomic E-state index is 13.1. The first-order chi connectivity index (χ1) is 7.52. The fraction of sp³-hybridized carbons (Fsp3) is 0.778. The van der Waals surface area contributed by atoms with Gasteiger partial charge in [-0.15, -0.1) is 13.2 Å². The largest absolute Gasteiger partial charge is 0.525 e. The first-order valence-corrected chi connectivity index (χ1v) is 4.72. The van der Waals surface area contributed by atoms with Gasteiger partial charge in [-0.25, -0.2) is 4.74 Å². The Morgan fingerprint density at radius 1 is 1.00 bits per heavy atom. The molecular weight excluding hydrogens is 257 g/mol. The van der Waals surface area contributed by atoms with Gasteiger partial charge in [0.1, 0.15) is 0 Å². The fourth-order valence-electron chi connectivity index (χ4n) is 0.912. The van der Waals surface area contributed by atoms with Crippen molar-refractivity contribution in [2.45, 2.75) is 44.6 Å². The summed E-state index contributed by atoms with van der Waals surface area (Å²) >= 11 is 0. The van der Waals surface area contributed by atoms with Crippen LogP contribution in [0.25, 0.3) is 0 Å². The molecule has 0 aliphatic rings. The molecule has 0 aliphatic carbocycles. The number of unbranched alkanes of at least 4 members (excludes halogenated alkanes) is 2. The van der Waals surface area contributed by atoms with E-state index in [9.17, 15) is 30.7 Å². The van der Waals surface area contributed by atoms with Crippen molar-refractivity contribution in [3.8, 4) is 0 Å². The van der Waals surface area contributed by atoms with E-state index in [0.29, 0.717) is 18.9 Å². The van der Waals surface area contributed by atoms with Gasteiger partial charge >= 0.3 is 18.4 Å². The van der Waals surface area contributed by atoms with Crippen LogP contribution >= 0.6 is 0 Å². The fourth-order valence-corrected chi connectivity index (χ4v) is 0.912. The number of halogens is 7. The number of alkyl halides is 7. The summed E-state index contributed by atoms with van der Waals surface area (Å²) in [5.74, 6) is -4.83. The number of allylic oxidation sites excluding steroid dienone is 1. The van der Waals surface area contributed by atoms with Crippen molar-refractivity contribution in [3.05, 3.63) is 12.2 Å². The molecule has 0 amide bonds. The summed E-state index contributed by atoms with van der Waals surface area (Å²) in [6.45, 7) is 1.73. The van der Waals surface area contributed by atoms with Crippen molar-refractivity contribution in [1.82, 2.24) is 0 Å². The van der Waals surface area contributed by atoms with Crippen LogP contribution in [0.4, 0.5) is 30.7 Å². The summed E-state index contributed by atoms with van der Waals surface area (Å²) in [4.78, 5) is 0. The molecule has 0 N–H and O–H groups in total. The Morgan fingerprint density at radius 2 is 1.53 bits per heavy atom. The van der Waals surface area contributed by atoms with E-state index in [0.717, 1.165) is 0 Å². The number of hydrogen-bond donors (Lipinski definition) is 0. The summed E-state index contributed by atoms with van der Waals surface area (Å²) < 4.78 is 86.8. The highest BCUT2D eigenvalue weighted by Crippen LogP contribution is 2.40. The van der Waals surface area contributed by atoms with Crippen molar-refractivity contribution >= 4 is 0 Å². The molecule has 0 saturated carbocycles. The second-order valence-electron chi connectivity index (χ2n) is 3.24. The normalized spacial score (nSPS) is 17.4. The lowest BCUT2D eigenvalue weighted by atomic mass is 10.2. The molecule has 0 rings (SSSR count). The van der Waals surface area contributed by atoms with Crippen LogP contribution in [0.2, 0.25) is 0 Å². The van der Waals surface area contributed by atoms with Gasteiger partial charge in [0.15, 0.2) is 0 Å². The van der Waals surface area contributed by atoms with Gasteiger partial charge in [0.2, 0.25) is 0 Å². The third-order valence-corrected chi connectivity index (χ3v) is 1.71. The van der Waals surface area contributed by atoms with E-state index in [1.54, 1.807) is 6.92 Å². The molecule has 0 aromatic carbocycles. The summed E-state index contributed by atoms with van der Waals surface area (Å²) in [6.07, 6.45) is -9.96. The Balaban J connectivity index is 4.81. The maximum absolute atomic E-state index is 13.1. The van der Waals surface area contributed by atoms with Crippen LogP contribution in [0.15, 0.2) is 12.2 Å². The zero-order valence-electron chi connectivity index (χ0n) is 8.83. The lowest BCUT2D eigenvalue weighted by Crippen LogP contribution is -2.45. The molecular formula is C9H11F7O. The smallest absolute Gasteiger partial charge is 0.242 e. The molecule has 0 spiro atoms. The van der Waals surface area contributed by atoms with Crippen LogP contribution in [0.5, 0.6) is 0 Å². The zero-order valence-corrected chi connectivity index (χ0v) is 8.83. The van der Waals surface area contributed by atoms with Gasteiger partial charge in [-0.1, -0.05) is 25.8 Å². The second kappa shape index (κ2) is 5.70. The lowest BCUT2D eigenvalue weighted by Gasteiger charge is -2.25. The van der Waals surface area contributed by atoms with E-state index in [1.165, 1.54) is 0 Å². The van der Waals surface area contributed by atoms with Crippen LogP contribution in [0.3, 0.4) is 0 Å². The van der Waals surface area contributed by atoms with Gasteiger partial charge in [0, 0.05) is 0 Å². The molecule has 102 valence electrons. The number of hydrogen-bond acceptors (Lipinski definition) is 1. The molecule has 1 atom stereocenters. The van der Waals surface area contributed by atoms with E-state index in [4.69, 9.17) is 0 Å². The molecule has 0 bridgehead atoms. The summed E-state index contributed by atoms with van der Waals surface area (Å²) in [5.41, 5.74) is 0. The molecule has 17 heavy (non-hydrogen) atoms. The van der Waals surface area contributed by atoms with Gasteiger partial charge in [-0.2, -0.15) is 17.6 Å². The molecule has 1 nitrogen and oxygen atoms in total. The highest BCUT2D eigenvalue weighted by Gasteiger charge is 2.61. The summed E-state index contributed by atoms with van der Waals surface area (Å²) in [5, 5.41) is 0.